The van der Waals surface area contributed by atoms with Gasteiger partial charge in [0, 0.05) is 12.7 Å². The highest BCUT2D eigenvalue weighted by Gasteiger charge is 2.54. The quantitative estimate of drug-likeness (QED) is 0.189. The predicted molar refractivity (Wildman–Crippen MR) is 187 cm³/mol. The smallest absolute Gasteiger partial charge is 0.187 e. The van der Waals surface area contributed by atoms with Crippen LogP contribution < -0.4 is 0 Å². The van der Waals surface area contributed by atoms with Crippen molar-refractivity contribution in [3.05, 3.63) is 144 Å². The van der Waals surface area contributed by atoms with Gasteiger partial charge in [-0.3, -0.25) is 0 Å². The Morgan fingerprint density at radius 2 is 1.15 bits per heavy atom. The summed E-state index contributed by atoms with van der Waals surface area (Å²) in [6, 6.07) is 38.8. The molecule has 52 heavy (non-hydrogen) atoms. The third kappa shape index (κ3) is 8.96. The first kappa shape index (κ1) is 36.8. The molecular weight excluding hydrogens is 668 g/mol. The fourth-order valence-corrected chi connectivity index (χ4v) is 6.76. The Morgan fingerprint density at radius 1 is 0.596 bits per heavy atom. The zero-order chi connectivity index (χ0) is 35.7. The molecule has 3 saturated heterocycles. The van der Waals surface area contributed by atoms with Crippen molar-refractivity contribution in [2.45, 2.75) is 87.5 Å². The number of hydrogen-bond acceptors (Lipinski definition) is 11. The first-order valence-corrected chi connectivity index (χ1v) is 17.7. The molecule has 0 radical (unpaired) electrons. The number of fused-ring (bicyclic) bond motifs is 1. The normalized spacial score (nSPS) is 31.9. The number of methoxy groups -OCH3 is 1. The van der Waals surface area contributed by atoms with E-state index in [9.17, 15) is 10.2 Å². The Bertz CT molecular complexity index is 1610. The molecule has 3 aliphatic heterocycles. The molecular formula is C41H46O11. The highest BCUT2D eigenvalue weighted by Crippen LogP contribution is 2.37. The molecule has 0 amide bonds. The zero-order valence-electron chi connectivity index (χ0n) is 29.0. The lowest BCUT2D eigenvalue weighted by Gasteiger charge is -2.50. The number of hydrogen-bond donors (Lipinski definition) is 2. The molecule has 3 fully saturated rings. The van der Waals surface area contributed by atoms with E-state index in [1.165, 1.54) is 7.11 Å². The summed E-state index contributed by atoms with van der Waals surface area (Å²) < 4.78 is 56.9. The molecule has 4 aromatic rings. The van der Waals surface area contributed by atoms with E-state index >= 15 is 0 Å². The lowest BCUT2D eigenvalue weighted by atomic mass is 9.95. The minimum atomic E-state index is -1.48. The van der Waals surface area contributed by atoms with Gasteiger partial charge >= 0.3 is 0 Å². The van der Waals surface area contributed by atoms with Crippen molar-refractivity contribution in [3.63, 3.8) is 0 Å². The Kier molecular flexibility index (Phi) is 12.7. The summed E-state index contributed by atoms with van der Waals surface area (Å²) in [5.41, 5.74) is 3.68. The molecule has 0 aliphatic carbocycles. The molecule has 8 unspecified atom stereocenters. The third-order valence-electron chi connectivity index (χ3n) is 9.48. The Hall–Kier alpha value is -3.56. The van der Waals surface area contributed by atoms with Crippen LogP contribution in [0.15, 0.2) is 121 Å². The Labute approximate surface area is 303 Å². The summed E-state index contributed by atoms with van der Waals surface area (Å²) >= 11 is 0. The lowest BCUT2D eigenvalue weighted by molar-refractivity contribution is -0.390. The summed E-state index contributed by atoms with van der Waals surface area (Å²) in [5.74, 6) is 0. The fourth-order valence-electron chi connectivity index (χ4n) is 6.76. The second kappa shape index (κ2) is 18.0. The van der Waals surface area contributed by atoms with Gasteiger partial charge in [0.1, 0.15) is 48.8 Å². The molecule has 0 spiro atoms. The molecule has 7 rings (SSSR count). The fraction of sp³-hybridized carbons (Fsp3) is 0.415. The van der Waals surface area contributed by atoms with Crippen LogP contribution in [0.5, 0.6) is 0 Å². The standard InChI is InChI=1S/C41H46O11/c1-44-41-38(47-24-29-18-10-4-11-19-29)37(52-40-34(43)33(42)35-32(49-40)26-48-39(51-35)30-20-12-5-13-21-30)36(46-23-28-16-8-3-9-17-28)31(50-41)25-45-22-27-14-6-2-7-15-27/h2-21,31-43H,22-26H2,1H3/t31?,32?,33?,34?,35-,36?,37-,38?,39?,40-,41?/m0/s1. The van der Waals surface area contributed by atoms with Gasteiger partial charge in [-0.15, -0.1) is 0 Å². The average molecular weight is 715 g/mol. The molecule has 11 nitrogen and oxygen atoms in total. The van der Waals surface area contributed by atoms with Crippen LogP contribution in [0.25, 0.3) is 0 Å². The van der Waals surface area contributed by atoms with E-state index in [1.54, 1.807) is 0 Å². The summed E-state index contributed by atoms with van der Waals surface area (Å²) in [7, 11) is 1.54. The zero-order valence-corrected chi connectivity index (χ0v) is 29.0. The van der Waals surface area contributed by atoms with E-state index in [-0.39, 0.29) is 26.4 Å². The summed E-state index contributed by atoms with van der Waals surface area (Å²) in [6.07, 6.45) is -10.5. The van der Waals surface area contributed by atoms with E-state index in [1.807, 2.05) is 121 Å². The topological polar surface area (TPSA) is 124 Å². The maximum absolute atomic E-state index is 11.5. The van der Waals surface area contributed by atoms with Gasteiger partial charge in [0.2, 0.25) is 0 Å². The molecule has 11 heteroatoms. The van der Waals surface area contributed by atoms with Crippen LogP contribution in [0.3, 0.4) is 0 Å². The van der Waals surface area contributed by atoms with Crippen molar-refractivity contribution in [1.82, 2.24) is 0 Å². The number of rotatable bonds is 14. The molecule has 0 bridgehead atoms. The van der Waals surface area contributed by atoms with Crippen LogP contribution in [0, 0.1) is 0 Å². The minimum absolute atomic E-state index is 0.111. The van der Waals surface area contributed by atoms with Crippen LogP contribution in [0.2, 0.25) is 0 Å². The third-order valence-corrected chi connectivity index (χ3v) is 9.48. The lowest BCUT2D eigenvalue weighted by Crippen LogP contribution is -2.66. The molecule has 3 aliphatic rings. The van der Waals surface area contributed by atoms with Crippen LogP contribution in [-0.2, 0) is 62.5 Å². The molecule has 2 N–H and O–H groups in total. The Morgan fingerprint density at radius 3 is 1.75 bits per heavy atom. The van der Waals surface area contributed by atoms with Crippen molar-refractivity contribution in [2.75, 3.05) is 20.3 Å². The first-order chi connectivity index (χ1) is 25.6. The van der Waals surface area contributed by atoms with Gasteiger partial charge in [0.15, 0.2) is 18.9 Å². The predicted octanol–water partition coefficient (Wildman–Crippen LogP) is 4.69. The van der Waals surface area contributed by atoms with Gasteiger partial charge in [-0.1, -0.05) is 121 Å². The minimum Gasteiger partial charge on any atom is -0.387 e. The highest BCUT2D eigenvalue weighted by atomic mass is 16.8. The van der Waals surface area contributed by atoms with Gasteiger partial charge in [-0.05, 0) is 16.7 Å². The van der Waals surface area contributed by atoms with Crippen LogP contribution in [0.1, 0.15) is 28.5 Å². The monoisotopic (exact) mass is 714 g/mol. The van der Waals surface area contributed by atoms with Gasteiger partial charge in [-0.2, -0.15) is 0 Å². The average Bonchev–Trinajstić information content (AvgIpc) is 3.20. The van der Waals surface area contributed by atoms with E-state index in [0.717, 1.165) is 22.3 Å². The van der Waals surface area contributed by atoms with Gasteiger partial charge < -0.3 is 52.8 Å². The van der Waals surface area contributed by atoms with E-state index < -0.39 is 67.7 Å². The largest absolute Gasteiger partial charge is 0.387 e. The molecule has 0 saturated carbocycles. The summed E-state index contributed by atoms with van der Waals surface area (Å²) in [4.78, 5) is 0. The number of benzene rings is 4. The van der Waals surface area contributed by atoms with E-state index in [0.29, 0.717) is 6.61 Å². The maximum atomic E-state index is 11.5. The van der Waals surface area contributed by atoms with Crippen molar-refractivity contribution < 1.29 is 52.8 Å². The number of ether oxygens (including phenoxy) is 9. The summed E-state index contributed by atoms with van der Waals surface area (Å²) in [6.45, 7) is 1.06. The van der Waals surface area contributed by atoms with Crippen molar-refractivity contribution in [3.8, 4) is 0 Å². The van der Waals surface area contributed by atoms with Crippen LogP contribution in [0.4, 0.5) is 0 Å². The summed E-state index contributed by atoms with van der Waals surface area (Å²) in [5, 5.41) is 22.9. The highest BCUT2D eigenvalue weighted by molar-refractivity contribution is 5.18. The number of aliphatic hydroxyl groups excluding tert-OH is 2. The molecule has 11 atom stereocenters. The maximum Gasteiger partial charge on any atom is 0.187 e. The second-order valence-corrected chi connectivity index (χ2v) is 13.1. The van der Waals surface area contributed by atoms with Crippen molar-refractivity contribution >= 4 is 0 Å². The second-order valence-electron chi connectivity index (χ2n) is 13.1. The van der Waals surface area contributed by atoms with Crippen LogP contribution in [-0.4, -0.2) is 91.9 Å². The molecule has 4 aromatic carbocycles. The van der Waals surface area contributed by atoms with Gasteiger partial charge in [-0.25, -0.2) is 0 Å². The molecule has 276 valence electrons. The Balaban J connectivity index is 1.14. The number of aliphatic hydroxyl groups is 2. The molecule has 0 aromatic heterocycles. The van der Waals surface area contributed by atoms with Gasteiger partial charge in [0.25, 0.3) is 0 Å². The first-order valence-electron chi connectivity index (χ1n) is 17.7. The van der Waals surface area contributed by atoms with Gasteiger partial charge in [0.05, 0.1) is 33.0 Å². The van der Waals surface area contributed by atoms with Crippen LogP contribution >= 0.6 is 0 Å². The van der Waals surface area contributed by atoms with Crippen molar-refractivity contribution in [2.24, 2.45) is 0 Å². The molecule has 3 heterocycles. The van der Waals surface area contributed by atoms with Crippen molar-refractivity contribution in [1.29, 1.82) is 0 Å². The van der Waals surface area contributed by atoms with E-state index in [2.05, 4.69) is 0 Å². The van der Waals surface area contributed by atoms with E-state index in [4.69, 9.17) is 42.6 Å². The SMILES string of the molecule is COC1OC(COCc2ccccc2)C(OCc2ccccc2)[C@H](O[C@@H]2OC3COC(c4ccccc4)O[C@@H]3C(O)C2O)C1OCc1ccccc1.